The zero-order chi connectivity index (χ0) is 11.6. The van der Waals surface area contributed by atoms with Crippen LogP contribution < -0.4 is 0 Å². The van der Waals surface area contributed by atoms with Crippen LogP contribution in [-0.2, 0) is 18.9 Å². The summed E-state index contributed by atoms with van der Waals surface area (Å²) in [5, 5.41) is 0. The van der Waals surface area contributed by atoms with Crippen molar-refractivity contribution in [2.75, 3.05) is 7.11 Å². The smallest absolute Gasteiger partial charge is 0.186 e. The highest BCUT2D eigenvalue weighted by atomic mass is 16.8. The van der Waals surface area contributed by atoms with Crippen LogP contribution in [0.1, 0.15) is 33.6 Å². The van der Waals surface area contributed by atoms with Crippen LogP contribution in [0.4, 0.5) is 0 Å². The van der Waals surface area contributed by atoms with E-state index in [1.165, 1.54) is 0 Å². The molecule has 0 aromatic carbocycles. The largest absolute Gasteiger partial charge is 0.353 e. The Morgan fingerprint density at radius 2 is 2.00 bits per heavy atom. The third kappa shape index (κ3) is 1.30. The van der Waals surface area contributed by atoms with Crippen molar-refractivity contribution in [2.24, 2.45) is 5.92 Å². The molecule has 4 heteroatoms. The van der Waals surface area contributed by atoms with Gasteiger partial charge in [-0.3, -0.25) is 0 Å². The molecule has 1 saturated carbocycles. The fraction of sp³-hybridized carbons (Fsp3) is 1.00. The maximum absolute atomic E-state index is 6.00. The van der Waals surface area contributed by atoms with E-state index in [0.717, 1.165) is 12.8 Å². The molecule has 2 saturated heterocycles. The van der Waals surface area contributed by atoms with Crippen molar-refractivity contribution in [2.45, 2.75) is 63.5 Å². The average molecular weight is 228 g/mol. The molecular weight excluding hydrogens is 208 g/mol. The molecule has 92 valence electrons. The van der Waals surface area contributed by atoms with Gasteiger partial charge in [-0.05, 0) is 26.2 Å². The summed E-state index contributed by atoms with van der Waals surface area (Å²) in [7, 11) is 1.67. The lowest BCUT2D eigenvalue weighted by molar-refractivity contribution is -0.234. The fourth-order valence-corrected chi connectivity index (χ4v) is 3.21. The third-order valence-corrected chi connectivity index (χ3v) is 4.04. The van der Waals surface area contributed by atoms with Gasteiger partial charge in [0.05, 0.1) is 0 Å². The first-order valence-electron chi connectivity index (χ1n) is 6.08. The van der Waals surface area contributed by atoms with Gasteiger partial charge in [-0.2, -0.15) is 0 Å². The Morgan fingerprint density at radius 3 is 2.56 bits per heavy atom. The molecule has 16 heavy (non-hydrogen) atoms. The molecule has 3 fully saturated rings. The third-order valence-electron chi connectivity index (χ3n) is 4.04. The minimum atomic E-state index is -0.510. The van der Waals surface area contributed by atoms with Crippen molar-refractivity contribution in [1.29, 1.82) is 0 Å². The van der Waals surface area contributed by atoms with Gasteiger partial charge in [-0.15, -0.1) is 0 Å². The summed E-state index contributed by atoms with van der Waals surface area (Å²) in [5.41, 5.74) is -0.131. The van der Waals surface area contributed by atoms with Crippen LogP contribution in [0.5, 0.6) is 0 Å². The normalized spacial score (nSPS) is 53.2. The first-order chi connectivity index (χ1) is 7.52. The van der Waals surface area contributed by atoms with E-state index in [1.54, 1.807) is 7.11 Å². The first-order valence-corrected chi connectivity index (χ1v) is 6.08. The molecule has 0 amide bonds. The second-order valence-corrected chi connectivity index (χ2v) is 5.51. The van der Waals surface area contributed by atoms with Crippen molar-refractivity contribution < 1.29 is 18.9 Å². The maximum atomic E-state index is 6.00. The minimum absolute atomic E-state index is 0.0393. The lowest BCUT2D eigenvalue weighted by atomic mass is 10.1. The van der Waals surface area contributed by atoms with Crippen molar-refractivity contribution in [1.82, 2.24) is 0 Å². The lowest BCUT2D eigenvalue weighted by Gasteiger charge is -2.24. The van der Waals surface area contributed by atoms with Crippen LogP contribution >= 0.6 is 0 Å². The van der Waals surface area contributed by atoms with Crippen LogP contribution in [0.25, 0.3) is 0 Å². The zero-order valence-corrected chi connectivity index (χ0v) is 10.4. The number of rotatable bonds is 2. The summed E-state index contributed by atoms with van der Waals surface area (Å²) in [4.78, 5) is 0. The molecule has 1 aliphatic carbocycles. The molecule has 0 N–H and O–H groups in total. The molecule has 0 bridgehead atoms. The van der Waals surface area contributed by atoms with E-state index in [0.29, 0.717) is 5.92 Å². The molecule has 0 radical (unpaired) electrons. The molecular formula is C12H20O4. The van der Waals surface area contributed by atoms with Gasteiger partial charge in [0, 0.05) is 7.11 Å². The predicted octanol–water partition coefficient (Wildman–Crippen LogP) is 1.68. The van der Waals surface area contributed by atoms with E-state index in [4.69, 9.17) is 18.9 Å². The molecule has 2 aliphatic heterocycles. The van der Waals surface area contributed by atoms with Crippen LogP contribution in [0.15, 0.2) is 0 Å². The zero-order valence-electron chi connectivity index (χ0n) is 10.4. The van der Waals surface area contributed by atoms with Gasteiger partial charge >= 0.3 is 0 Å². The Balaban J connectivity index is 1.85. The quantitative estimate of drug-likeness (QED) is 0.720. The Hall–Kier alpha value is -0.160. The molecule has 4 nitrogen and oxygen atoms in total. The van der Waals surface area contributed by atoms with Crippen LogP contribution in [0.3, 0.4) is 0 Å². The highest BCUT2D eigenvalue weighted by Gasteiger charge is 2.72. The highest BCUT2D eigenvalue weighted by Crippen LogP contribution is 2.61. The van der Waals surface area contributed by atoms with E-state index in [2.05, 4.69) is 6.92 Å². The SMILES string of the molecule is CCC1C[C@@]12OC(OC)[C@H]1OC(C)(C)OC12. The highest BCUT2D eigenvalue weighted by molar-refractivity contribution is 5.18. The second-order valence-electron chi connectivity index (χ2n) is 5.51. The number of hydrogen-bond acceptors (Lipinski definition) is 4. The maximum Gasteiger partial charge on any atom is 0.186 e. The summed E-state index contributed by atoms with van der Waals surface area (Å²) in [6, 6.07) is 0. The van der Waals surface area contributed by atoms with Crippen molar-refractivity contribution in [3.05, 3.63) is 0 Å². The standard InChI is InChI=1S/C12H20O4/c1-5-7-6-12(7)9-8(10(13-4)16-12)14-11(2,3)15-9/h7-10H,5-6H2,1-4H3/t7?,8-,9?,10?,12+/m0/s1. The minimum Gasteiger partial charge on any atom is -0.353 e. The Kier molecular flexibility index (Phi) is 2.19. The summed E-state index contributed by atoms with van der Waals surface area (Å²) < 4.78 is 23.2. The van der Waals surface area contributed by atoms with Crippen LogP contribution in [-0.4, -0.2) is 37.0 Å². The van der Waals surface area contributed by atoms with E-state index in [-0.39, 0.29) is 24.1 Å². The number of fused-ring (bicyclic) bond motifs is 2. The molecule has 2 heterocycles. The molecule has 3 rings (SSSR count). The Labute approximate surface area is 96.2 Å². The Bertz CT molecular complexity index is 303. The molecule has 3 aliphatic rings. The number of hydrogen-bond donors (Lipinski definition) is 0. The topological polar surface area (TPSA) is 36.9 Å². The van der Waals surface area contributed by atoms with E-state index < -0.39 is 5.79 Å². The summed E-state index contributed by atoms with van der Waals surface area (Å²) in [5.74, 6) is 0.0849. The first kappa shape index (κ1) is 11.0. The second kappa shape index (κ2) is 3.19. The van der Waals surface area contributed by atoms with E-state index in [1.807, 2.05) is 13.8 Å². The monoisotopic (exact) mass is 228 g/mol. The van der Waals surface area contributed by atoms with E-state index >= 15 is 0 Å². The number of methoxy groups -OCH3 is 1. The fourth-order valence-electron chi connectivity index (χ4n) is 3.21. The summed E-state index contributed by atoms with van der Waals surface area (Å²) in [6.45, 7) is 6.10. The molecule has 1 spiro atoms. The van der Waals surface area contributed by atoms with Gasteiger partial charge < -0.3 is 18.9 Å². The Morgan fingerprint density at radius 1 is 1.25 bits per heavy atom. The van der Waals surface area contributed by atoms with Gasteiger partial charge in [0.25, 0.3) is 0 Å². The summed E-state index contributed by atoms with van der Waals surface area (Å²) in [6.07, 6.45) is 1.89. The van der Waals surface area contributed by atoms with Gasteiger partial charge in [0.1, 0.15) is 17.8 Å². The van der Waals surface area contributed by atoms with Gasteiger partial charge in [0.15, 0.2) is 12.1 Å². The van der Waals surface area contributed by atoms with Gasteiger partial charge in [-0.1, -0.05) is 13.3 Å². The summed E-state index contributed by atoms with van der Waals surface area (Å²) >= 11 is 0. The molecule has 5 atom stereocenters. The molecule has 0 aromatic rings. The van der Waals surface area contributed by atoms with Crippen molar-refractivity contribution in [3.63, 3.8) is 0 Å². The van der Waals surface area contributed by atoms with Crippen molar-refractivity contribution >= 4 is 0 Å². The molecule has 3 unspecified atom stereocenters. The average Bonchev–Trinajstić information content (AvgIpc) is 2.75. The van der Waals surface area contributed by atoms with Gasteiger partial charge in [0.2, 0.25) is 0 Å². The van der Waals surface area contributed by atoms with Crippen LogP contribution in [0, 0.1) is 5.92 Å². The van der Waals surface area contributed by atoms with Crippen LogP contribution in [0.2, 0.25) is 0 Å². The van der Waals surface area contributed by atoms with E-state index in [9.17, 15) is 0 Å². The van der Waals surface area contributed by atoms with Crippen molar-refractivity contribution in [3.8, 4) is 0 Å². The number of ether oxygens (including phenoxy) is 4. The predicted molar refractivity (Wildman–Crippen MR) is 56.8 cm³/mol. The van der Waals surface area contributed by atoms with Gasteiger partial charge in [-0.25, -0.2) is 0 Å². The molecule has 0 aromatic heterocycles. The lowest BCUT2D eigenvalue weighted by Crippen LogP contribution is -2.32.